The van der Waals surface area contributed by atoms with Gasteiger partial charge in [0, 0.05) is 24.2 Å². The van der Waals surface area contributed by atoms with Crippen LogP contribution in [0.5, 0.6) is 5.75 Å². The van der Waals surface area contributed by atoms with Gasteiger partial charge < -0.3 is 15.2 Å². The number of rotatable bonds is 8. The van der Waals surface area contributed by atoms with E-state index in [1.54, 1.807) is 14.2 Å². The first kappa shape index (κ1) is 15.3. The van der Waals surface area contributed by atoms with Crippen LogP contribution in [-0.2, 0) is 4.74 Å². The smallest absolute Gasteiger partial charge is 0.119 e. The number of nitrogens with two attached hydrogens (primary N) is 1. The summed E-state index contributed by atoms with van der Waals surface area (Å²) in [6.45, 7) is 2.87. The van der Waals surface area contributed by atoms with E-state index >= 15 is 0 Å². The number of methoxy groups -OCH3 is 2. The summed E-state index contributed by atoms with van der Waals surface area (Å²) in [4.78, 5) is 0. The second kappa shape index (κ2) is 8.40. The number of ether oxygens (including phenoxy) is 2. The van der Waals surface area contributed by atoms with Crippen molar-refractivity contribution in [3.63, 3.8) is 0 Å². The quantitative estimate of drug-likeness (QED) is 0.737. The standard InChI is InChI=1S/C14H23NO2S/c1-4-13(15)14(18-9-8-16-2)11-6-5-7-12(10-11)17-3/h5-7,10,13-14H,4,8-9,15H2,1-3H3. The summed E-state index contributed by atoms with van der Waals surface area (Å²) in [7, 11) is 3.41. The first-order chi connectivity index (χ1) is 8.72. The van der Waals surface area contributed by atoms with Gasteiger partial charge in [0.05, 0.1) is 13.7 Å². The Kier molecular flexibility index (Phi) is 7.16. The predicted octanol–water partition coefficient (Wildman–Crippen LogP) is 2.85. The van der Waals surface area contributed by atoms with Crippen molar-refractivity contribution in [3.8, 4) is 5.75 Å². The molecule has 2 atom stereocenters. The SMILES string of the molecule is CCC(N)C(SCCOC)c1cccc(OC)c1. The topological polar surface area (TPSA) is 44.5 Å². The lowest BCUT2D eigenvalue weighted by Gasteiger charge is -2.23. The molecule has 3 nitrogen and oxygen atoms in total. The normalized spacial score (nSPS) is 14.2. The van der Waals surface area contributed by atoms with Gasteiger partial charge in [-0.1, -0.05) is 19.1 Å². The molecule has 0 aliphatic carbocycles. The lowest BCUT2D eigenvalue weighted by Crippen LogP contribution is -2.26. The summed E-state index contributed by atoms with van der Waals surface area (Å²) in [6.07, 6.45) is 0.960. The monoisotopic (exact) mass is 269 g/mol. The van der Waals surface area contributed by atoms with E-state index in [2.05, 4.69) is 19.1 Å². The Balaban J connectivity index is 2.79. The van der Waals surface area contributed by atoms with Crippen LogP contribution in [0.4, 0.5) is 0 Å². The number of hydrogen-bond acceptors (Lipinski definition) is 4. The molecule has 102 valence electrons. The summed E-state index contributed by atoms with van der Waals surface area (Å²) in [5.74, 6) is 1.83. The van der Waals surface area contributed by atoms with Crippen molar-refractivity contribution in [1.29, 1.82) is 0 Å². The van der Waals surface area contributed by atoms with Crippen LogP contribution in [0.2, 0.25) is 0 Å². The van der Waals surface area contributed by atoms with Crippen LogP contribution in [-0.4, -0.2) is 32.6 Å². The molecule has 18 heavy (non-hydrogen) atoms. The Bertz CT molecular complexity index is 346. The van der Waals surface area contributed by atoms with E-state index in [0.717, 1.165) is 24.5 Å². The molecule has 1 rings (SSSR count). The molecule has 2 unspecified atom stereocenters. The second-order valence-corrected chi connectivity index (χ2v) is 5.38. The lowest BCUT2D eigenvalue weighted by molar-refractivity contribution is 0.218. The summed E-state index contributed by atoms with van der Waals surface area (Å²) >= 11 is 1.85. The summed E-state index contributed by atoms with van der Waals surface area (Å²) in [5, 5.41) is 0.292. The molecule has 0 fully saturated rings. The Morgan fingerprint density at radius 2 is 2.11 bits per heavy atom. The van der Waals surface area contributed by atoms with E-state index in [9.17, 15) is 0 Å². The minimum Gasteiger partial charge on any atom is -0.497 e. The summed E-state index contributed by atoms with van der Waals surface area (Å²) in [6, 6.07) is 8.31. The first-order valence-electron chi connectivity index (χ1n) is 6.23. The van der Waals surface area contributed by atoms with Crippen molar-refractivity contribution in [2.45, 2.75) is 24.6 Å². The van der Waals surface area contributed by atoms with Crippen LogP contribution >= 0.6 is 11.8 Å². The van der Waals surface area contributed by atoms with Gasteiger partial charge in [0.2, 0.25) is 0 Å². The molecule has 0 radical (unpaired) electrons. The highest BCUT2D eigenvalue weighted by molar-refractivity contribution is 7.99. The third-order valence-electron chi connectivity index (χ3n) is 2.87. The number of thioether (sulfide) groups is 1. The number of benzene rings is 1. The first-order valence-corrected chi connectivity index (χ1v) is 7.27. The fourth-order valence-electron chi connectivity index (χ4n) is 1.76. The minimum absolute atomic E-state index is 0.152. The highest BCUT2D eigenvalue weighted by Gasteiger charge is 2.19. The maximum atomic E-state index is 6.22. The summed E-state index contributed by atoms with van der Waals surface area (Å²) < 4.78 is 10.4. The predicted molar refractivity (Wildman–Crippen MR) is 78.3 cm³/mol. The zero-order valence-electron chi connectivity index (χ0n) is 11.4. The molecule has 0 aliphatic rings. The van der Waals surface area contributed by atoms with Gasteiger partial charge >= 0.3 is 0 Å². The second-order valence-electron chi connectivity index (χ2n) is 4.13. The van der Waals surface area contributed by atoms with Gasteiger partial charge in [-0.15, -0.1) is 11.8 Å². The molecule has 0 aromatic heterocycles. The molecule has 0 saturated carbocycles. The highest BCUT2D eigenvalue weighted by atomic mass is 32.2. The van der Waals surface area contributed by atoms with Crippen molar-refractivity contribution in [3.05, 3.63) is 29.8 Å². The van der Waals surface area contributed by atoms with E-state index in [4.69, 9.17) is 15.2 Å². The van der Waals surface area contributed by atoms with Crippen LogP contribution in [0.25, 0.3) is 0 Å². The van der Waals surface area contributed by atoms with Gasteiger partial charge in [-0.25, -0.2) is 0 Å². The van der Waals surface area contributed by atoms with Crippen LogP contribution in [0.1, 0.15) is 24.2 Å². The molecule has 0 saturated heterocycles. The maximum Gasteiger partial charge on any atom is 0.119 e. The van der Waals surface area contributed by atoms with Crippen molar-refractivity contribution in [1.82, 2.24) is 0 Å². The van der Waals surface area contributed by atoms with Crippen LogP contribution in [0.3, 0.4) is 0 Å². The van der Waals surface area contributed by atoms with Crippen molar-refractivity contribution in [2.75, 3.05) is 26.6 Å². The van der Waals surface area contributed by atoms with Gasteiger partial charge in [0.1, 0.15) is 5.75 Å². The third kappa shape index (κ3) is 4.52. The molecule has 1 aromatic rings. The molecular weight excluding hydrogens is 246 g/mol. The van der Waals surface area contributed by atoms with Crippen LogP contribution < -0.4 is 10.5 Å². The fourth-order valence-corrected chi connectivity index (χ4v) is 3.05. The van der Waals surface area contributed by atoms with E-state index in [-0.39, 0.29) is 6.04 Å². The average Bonchev–Trinajstić information content (AvgIpc) is 2.43. The van der Waals surface area contributed by atoms with Gasteiger partial charge in [0.25, 0.3) is 0 Å². The van der Waals surface area contributed by atoms with Crippen molar-refractivity contribution >= 4 is 11.8 Å². The Morgan fingerprint density at radius 1 is 1.33 bits per heavy atom. The van der Waals surface area contributed by atoms with Crippen LogP contribution in [0.15, 0.2) is 24.3 Å². The Morgan fingerprint density at radius 3 is 2.72 bits per heavy atom. The van der Waals surface area contributed by atoms with E-state index in [1.165, 1.54) is 5.56 Å². The van der Waals surface area contributed by atoms with E-state index in [0.29, 0.717) is 5.25 Å². The molecule has 1 aromatic carbocycles. The molecule has 0 aliphatic heterocycles. The Hall–Kier alpha value is -0.710. The van der Waals surface area contributed by atoms with Gasteiger partial charge in [0.15, 0.2) is 0 Å². The van der Waals surface area contributed by atoms with E-state index < -0.39 is 0 Å². The molecule has 2 N–H and O–H groups in total. The average molecular weight is 269 g/mol. The zero-order valence-corrected chi connectivity index (χ0v) is 12.2. The highest BCUT2D eigenvalue weighted by Crippen LogP contribution is 2.34. The molecular formula is C14H23NO2S. The van der Waals surface area contributed by atoms with E-state index in [1.807, 2.05) is 23.9 Å². The largest absolute Gasteiger partial charge is 0.497 e. The molecule has 0 spiro atoms. The minimum atomic E-state index is 0.152. The van der Waals surface area contributed by atoms with Crippen molar-refractivity contribution in [2.24, 2.45) is 5.73 Å². The number of hydrogen-bond donors (Lipinski definition) is 1. The van der Waals surface area contributed by atoms with Gasteiger partial charge in [-0.3, -0.25) is 0 Å². The third-order valence-corrected chi connectivity index (χ3v) is 4.25. The molecule has 0 amide bonds. The zero-order chi connectivity index (χ0) is 13.4. The molecule has 0 heterocycles. The van der Waals surface area contributed by atoms with Gasteiger partial charge in [-0.2, -0.15) is 0 Å². The maximum absolute atomic E-state index is 6.22. The Labute approximate surface area is 114 Å². The van der Waals surface area contributed by atoms with Crippen molar-refractivity contribution < 1.29 is 9.47 Å². The molecule has 0 bridgehead atoms. The molecule has 4 heteroatoms. The van der Waals surface area contributed by atoms with Gasteiger partial charge in [-0.05, 0) is 24.1 Å². The fraction of sp³-hybridized carbons (Fsp3) is 0.571. The van der Waals surface area contributed by atoms with Crippen LogP contribution in [0, 0.1) is 0 Å². The summed E-state index contributed by atoms with van der Waals surface area (Å²) in [5.41, 5.74) is 7.45. The lowest BCUT2D eigenvalue weighted by atomic mass is 10.0.